The summed E-state index contributed by atoms with van der Waals surface area (Å²) in [7, 11) is 2.02. The molecule has 0 aliphatic heterocycles. The summed E-state index contributed by atoms with van der Waals surface area (Å²) in [5, 5.41) is 2.80. The second kappa shape index (κ2) is 9.51. The zero-order valence-electron chi connectivity index (χ0n) is 17.5. The fraction of sp³-hybridized carbons (Fsp3) is 0.571. The Labute approximate surface area is 158 Å². The number of carbonyl (C=O) groups is 1. The van der Waals surface area contributed by atoms with Crippen molar-refractivity contribution in [3.05, 3.63) is 40.8 Å². The van der Waals surface area contributed by atoms with Crippen LogP contribution in [-0.2, 0) is 11.3 Å². The van der Waals surface area contributed by atoms with Gasteiger partial charge in [-0.2, -0.15) is 0 Å². The summed E-state index contributed by atoms with van der Waals surface area (Å²) in [6, 6.07) is 4.07. The standard InChI is InChI=1S/C21H34N2O3/c1-9-11-18(23(8)10-2)25-19-15(3)12-17(13-16(19)4)14-22-20(24)26-21(5,6)7/h11-13H,9-10,14H2,1-8H3,(H,22,24)/b18-11-. The van der Waals surface area contributed by atoms with E-state index in [2.05, 4.69) is 30.1 Å². The highest BCUT2D eigenvalue weighted by Crippen LogP contribution is 2.27. The zero-order valence-corrected chi connectivity index (χ0v) is 17.5. The van der Waals surface area contributed by atoms with Crippen LogP contribution in [0.15, 0.2) is 24.1 Å². The van der Waals surface area contributed by atoms with E-state index in [1.54, 1.807) is 0 Å². The highest BCUT2D eigenvalue weighted by atomic mass is 16.6. The smallest absolute Gasteiger partial charge is 0.407 e. The highest BCUT2D eigenvalue weighted by Gasteiger charge is 2.16. The molecule has 0 radical (unpaired) electrons. The summed E-state index contributed by atoms with van der Waals surface area (Å²) in [6.45, 7) is 15.1. The van der Waals surface area contributed by atoms with E-state index in [-0.39, 0.29) is 0 Å². The molecule has 1 aromatic carbocycles. The molecule has 1 N–H and O–H groups in total. The fourth-order valence-corrected chi connectivity index (χ4v) is 2.50. The van der Waals surface area contributed by atoms with Gasteiger partial charge in [0.25, 0.3) is 0 Å². The van der Waals surface area contributed by atoms with Gasteiger partial charge >= 0.3 is 6.09 Å². The van der Waals surface area contributed by atoms with E-state index in [0.717, 1.165) is 41.3 Å². The third-order valence-corrected chi connectivity index (χ3v) is 3.79. The molecule has 5 heteroatoms. The number of benzene rings is 1. The number of amides is 1. The number of nitrogens with zero attached hydrogens (tertiary/aromatic N) is 1. The van der Waals surface area contributed by atoms with Crippen LogP contribution in [0.25, 0.3) is 0 Å². The molecular formula is C21H34N2O3. The first-order chi connectivity index (χ1) is 12.1. The Morgan fingerprint density at radius 2 is 1.77 bits per heavy atom. The van der Waals surface area contributed by atoms with Crippen molar-refractivity contribution >= 4 is 6.09 Å². The van der Waals surface area contributed by atoms with E-state index in [1.807, 2.05) is 53.8 Å². The number of ether oxygens (including phenoxy) is 2. The average molecular weight is 363 g/mol. The fourth-order valence-electron chi connectivity index (χ4n) is 2.50. The number of hydrogen-bond acceptors (Lipinski definition) is 4. The molecular weight excluding hydrogens is 328 g/mol. The molecule has 0 aromatic heterocycles. The maximum absolute atomic E-state index is 11.8. The van der Waals surface area contributed by atoms with Crippen LogP contribution in [0.1, 0.15) is 57.7 Å². The number of aryl methyl sites for hydroxylation is 2. The molecule has 0 saturated heterocycles. The minimum atomic E-state index is -0.499. The molecule has 0 aliphatic carbocycles. The third kappa shape index (κ3) is 6.98. The van der Waals surface area contributed by atoms with Gasteiger partial charge in [-0.25, -0.2) is 4.79 Å². The number of hydrogen-bond donors (Lipinski definition) is 1. The first kappa shape index (κ1) is 21.9. The van der Waals surface area contributed by atoms with Crippen molar-refractivity contribution in [1.29, 1.82) is 0 Å². The molecule has 0 saturated carbocycles. The molecule has 146 valence electrons. The number of nitrogens with one attached hydrogen (secondary N) is 1. The zero-order chi connectivity index (χ0) is 19.9. The topological polar surface area (TPSA) is 50.8 Å². The lowest BCUT2D eigenvalue weighted by Gasteiger charge is -2.23. The van der Waals surface area contributed by atoms with E-state index >= 15 is 0 Å². The summed E-state index contributed by atoms with van der Waals surface area (Å²) in [5.74, 6) is 1.73. The Hall–Kier alpha value is -2.17. The van der Waals surface area contributed by atoms with Gasteiger partial charge < -0.3 is 19.7 Å². The van der Waals surface area contributed by atoms with Crippen LogP contribution in [0, 0.1) is 13.8 Å². The minimum absolute atomic E-state index is 0.411. The van der Waals surface area contributed by atoms with Gasteiger partial charge in [-0.15, -0.1) is 0 Å². The normalized spacial score (nSPS) is 11.9. The molecule has 0 fully saturated rings. The molecule has 0 aliphatic rings. The minimum Gasteiger partial charge on any atom is -0.444 e. The van der Waals surface area contributed by atoms with Gasteiger partial charge in [0.1, 0.15) is 11.4 Å². The van der Waals surface area contributed by atoms with E-state index in [1.165, 1.54) is 0 Å². The lowest BCUT2D eigenvalue weighted by Crippen LogP contribution is -2.32. The van der Waals surface area contributed by atoms with Crippen LogP contribution in [0.2, 0.25) is 0 Å². The van der Waals surface area contributed by atoms with E-state index in [4.69, 9.17) is 9.47 Å². The average Bonchev–Trinajstić information content (AvgIpc) is 2.53. The Bertz CT molecular complexity index is 622. The molecule has 1 rings (SSSR count). The monoisotopic (exact) mass is 362 g/mol. The van der Waals surface area contributed by atoms with Gasteiger partial charge in [0.15, 0.2) is 5.88 Å². The molecule has 1 aromatic rings. The molecule has 0 bridgehead atoms. The van der Waals surface area contributed by atoms with Crippen molar-refractivity contribution in [2.24, 2.45) is 0 Å². The van der Waals surface area contributed by atoms with Crippen molar-refractivity contribution in [1.82, 2.24) is 10.2 Å². The Morgan fingerprint density at radius 1 is 1.19 bits per heavy atom. The summed E-state index contributed by atoms with van der Waals surface area (Å²) in [4.78, 5) is 13.9. The summed E-state index contributed by atoms with van der Waals surface area (Å²) >= 11 is 0. The second-order valence-electron chi connectivity index (χ2n) is 7.48. The lowest BCUT2D eigenvalue weighted by atomic mass is 10.1. The van der Waals surface area contributed by atoms with Crippen molar-refractivity contribution in [3.8, 4) is 5.75 Å². The SMILES string of the molecule is CC/C=C(\Oc1c(C)cc(CNC(=O)OC(C)(C)C)cc1C)N(C)CC. The Balaban J connectivity index is 2.88. The lowest BCUT2D eigenvalue weighted by molar-refractivity contribution is 0.0523. The van der Waals surface area contributed by atoms with Crippen molar-refractivity contribution in [2.75, 3.05) is 13.6 Å². The van der Waals surface area contributed by atoms with Crippen LogP contribution < -0.4 is 10.1 Å². The quantitative estimate of drug-likeness (QED) is 0.700. The van der Waals surface area contributed by atoms with Crippen LogP contribution >= 0.6 is 0 Å². The van der Waals surface area contributed by atoms with Crippen molar-refractivity contribution in [3.63, 3.8) is 0 Å². The maximum atomic E-state index is 11.8. The largest absolute Gasteiger partial charge is 0.444 e. The van der Waals surface area contributed by atoms with Crippen molar-refractivity contribution < 1.29 is 14.3 Å². The van der Waals surface area contributed by atoms with Crippen LogP contribution in [0.5, 0.6) is 5.75 Å². The van der Waals surface area contributed by atoms with Gasteiger partial charge in [0.05, 0.1) is 0 Å². The van der Waals surface area contributed by atoms with Crippen molar-refractivity contribution in [2.45, 2.75) is 67.0 Å². The summed E-state index contributed by atoms with van der Waals surface area (Å²) in [6.07, 6.45) is 2.58. The van der Waals surface area contributed by atoms with Gasteiger partial charge in [-0.05, 0) is 70.7 Å². The molecule has 0 atom stereocenters. The maximum Gasteiger partial charge on any atom is 0.407 e. The predicted molar refractivity (Wildman–Crippen MR) is 106 cm³/mol. The third-order valence-electron chi connectivity index (χ3n) is 3.79. The Morgan fingerprint density at radius 3 is 2.23 bits per heavy atom. The van der Waals surface area contributed by atoms with E-state index in [0.29, 0.717) is 6.54 Å². The van der Waals surface area contributed by atoms with Crippen LogP contribution in [0.3, 0.4) is 0 Å². The molecule has 0 heterocycles. The van der Waals surface area contributed by atoms with Gasteiger partial charge in [0.2, 0.25) is 0 Å². The Kier molecular flexibility index (Phi) is 8.00. The van der Waals surface area contributed by atoms with Gasteiger partial charge in [0, 0.05) is 20.1 Å². The predicted octanol–water partition coefficient (Wildman–Crippen LogP) is 4.91. The molecule has 0 unspecified atom stereocenters. The summed E-state index contributed by atoms with van der Waals surface area (Å²) in [5.41, 5.74) is 2.60. The second-order valence-corrected chi connectivity index (χ2v) is 7.48. The number of rotatable bonds is 7. The molecule has 1 amide bonds. The first-order valence-corrected chi connectivity index (χ1v) is 9.23. The first-order valence-electron chi connectivity index (χ1n) is 9.23. The number of carbonyl (C=O) groups excluding carboxylic acids is 1. The van der Waals surface area contributed by atoms with Gasteiger partial charge in [-0.3, -0.25) is 0 Å². The van der Waals surface area contributed by atoms with Gasteiger partial charge in [-0.1, -0.05) is 19.1 Å². The van der Waals surface area contributed by atoms with Crippen LogP contribution in [-0.4, -0.2) is 30.2 Å². The number of allylic oxidation sites excluding steroid dienone is 1. The highest BCUT2D eigenvalue weighted by molar-refractivity contribution is 5.67. The molecule has 5 nitrogen and oxygen atoms in total. The van der Waals surface area contributed by atoms with Crippen LogP contribution in [0.4, 0.5) is 4.79 Å². The molecule has 26 heavy (non-hydrogen) atoms. The van der Waals surface area contributed by atoms with E-state index < -0.39 is 11.7 Å². The summed E-state index contributed by atoms with van der Waals surface area (Å²) < 4.78 is 11.5. The molecule has 0 spiro atoms. The van der Waals surface area contributed by atoms with E-state index in [9.17, 15) is 4.79 Å². The number of alkyl carbamates (subject to hydrolysis) is 1.